The Morgan fingerprint density at radius 2 is 1.90 bits per heavy atom. The van der Waals surface area contributed by atoms with E-state index in [1.807, 2.05) is 0 Å². The topological polar surface area (TPSA) is 41.1 Å². The molecule has 3 rings (SSSR count). The Balaban J connectivity index is 1.52. The summed E-state index contributed by atoms with van der Waals surface area (Å²) in [4.78, 5) is 12.0. The zero-order valence-corrected chi connectivity index (χ0v) is 12.0. The summed E-state index contributed by atoms with van der Waals surface area (Å²) < 4.78 is 0. The first kappa shape index (κ1) is 13.6. The van der Waals surface area contributed by atoms with Crippen molar-refractivity contribution in [1.82, 2.24) is 10.6 Å². The summed E-state index contributed by atoms with van der Waals surface area (Å²) in [6.07, 6.45) is 8.33. The second-order valence-electron chi connectivity index (χ2n) is 6.07. The quantitative estimate of drug-likeness (QED) is 0.885. The van der Waals surface area contributed by atoms with Gasteiger partial charge in [-0.1, -0.05) is 37.1 Å². The normalized spacial score (nSPS) is 22.5. The molecule has 1 aromatic carbocycles. The van der Waals surface area contributed by atoms with Crippen LogP contribution in [0, 0.1) is 0 Å². The largest absolute Gasteiger partial charge is 0.352 e. The summed E-state index contributed by atoms with van der Waals surface area (Å²) >= 11 is 0. The van der Waals surface area contributed by atoms with Gasteiger partial charge in [-0.15, -0.1) is 0 Å². The molecule has 1 unspecified atom stereocenters. The molecule has 1 aromatic rings. The van der Waals surface area contributed by atoms with Crippen LogP contribution in [0.15, 0.2) is 24.3 Å². The fourth-order valence-corrected chi connectivity index (χ4v) is 3.53. The number of amides is 1. The molecule has 0 heterocycles. The highest BCUT2D eigenvalue weighted by Crippen LogP contribution is 2.29. The first-order valence-electron chi connectivity index (χ1n) is 7.93. The number of hydrogen-bond donors (Lipinski definition) is 2. The fraction of sp³-hybridized carbons (Fsp3) is 0.588. The highest BCUT2D eigenvalue weighted by Gasteiger charge is 2.21. The predicted octanol–water partition coefficient (Wildman–Crippen LogP) is 2.71. The molecule has 0 spiro atoms. The van der Waals surface area contributed by atoms with Gasteiger partial charge in [0.1, 0.15) is 0 Å². The Bertz CT molecular complexity index is 466. The molecule has 1 amide bonds. The van der Waals surface area contributed by atoms with Crippen LogP contribution in [0.5, 0.6) is 0 Å². The van der Waals surface area contributed by atoms with Crippen LogP contribution in [0.2, 0.25) is 0 Å². The van der Waals surface area contributed by atoms with Crippen molar-refractivity contribution in [3.8, 4) is 0 Å². The highest BCUT2D eigenvalue weighted by atomic mass is 16.1. The molecule has 1 atom stereocenters. The Hall–Kier alpha value is -1.35. The van der Waals surface area contributed by atoms with Crippen molar-refractivity contribution in [1.29, 1.82) is 0 Å². The lowest BCUT2D eigenvalue weighted by Crippen LogP contribution is -2.40. The molecule has 2 aliphatic rings. The van der Waals surface area contributed by atoms with Crippen molar-refractivity contribution in [2.24, 2.45) is 0 Å². The van der Waals surface area contributed by atoms with Crippen LogP contribution in [0.4, 0.5) is 0 Å². The first-order chi connectivity index (χ1) is 9.83. The molecule has 3 nitrogen and oxygen atoms in total. The van der Waals surface area contributed by atoms with Crippen molar-refractivity contribution in [2.45, 2.75) is 57.0 Å². The lowest BCUT2D eigenvalue weighted by molar-refractivity contribution is -0.121. The average molecular weight is 272 g/mol. The van der Waals surface area contributed by atoms with Gasteiger partial charge in [-0.2, -0.15) is 0 Å². The van der Waals surface area contributed by atoms with Crippen LogP contribution in [0.1, 0.15) is 55.7 Å². The summed E-state index contributed by atoms with van der Waals surface area (Å²) in [5.74, 6) is 0.153. The van der Waals surface area contributed by atoms with Crippen LogP contribution in [0.25, 0.3) is 0 Å². The van der Waals surface area contributed by atoms with Gasteiger partial charge in [-0.05, 0) is 43.2 Å². The number of fused-ring (bicyclic) bond motifs is 1. The first-order valence-corrected chi connectivity index (χ1v) is 7.93. The predicted molar refractivity (Wildman–Crippen MR) is 80.5 cm³/mol. The second kappa shape index (κ2) is 6.40. The van der Waals surface area contributed by atoms with E-state index in [9.17, 15) is 4.79 Å². The van der Waals surface area contributed by atoms with Crippen molar-refractivity contribution in [2.75, 3.05) is 6.54 Å². The van der Waals surface area contributed by atoms with Crippen molar-refractivity contribution < 1.29 is 4.79 Å². The molecule has 0 aliphatic heterocycles. The maximum Gasteiger partial charge on any atom is 0.234 e. The SMILES string of the molecule is O=C(CNC1CCCc2ccccc21)NC1CCCC1. The number of benzene rings is 1. The Morgan fingerprint density at radius 1 is 1.10 bits per heavy atom. The van der Waals surface area contributed by atoms with E-state index in [2.05, 4.69) is 34.9 Å². The minimum Gasteiger partial charge on any atom is -0.352 e. The van der Waals surface area contributed by atoms with Gasteiger partial charge in [0, 0.05) is 12.1 Å². The Kier molecular flexibility index (Phi) is 4.36. The molecule has 20 heavy (non-hydrogen) atoms. The second-order valence-corrected chi connectivity index (χ2v) is 6.07. The van der Waals surface area contributed by atoms with Gasteiger partial charge < -0.3 is 10.6 Å². The third kappa shape index (κ3) is 3.21. The maximum atomic E-state index is 12.0. The van der Waals surface area contributed by atoms with Gasteiger partial charge in [0.25, 0.3) is 0 Å². The van der Waals surface area contributed by atoms with Gasteiger partial charge in [0.05, 0.1) is 6.54 Å². The van der Waals surface area contributed by atoms with Crippen LogP contribution in [0.3, 0.4) is 0 Å². The molecule has 1 saturated carbocycles. The van der Waals surface area contributed by atoms with E-state index >= 15 is 0 Å². The van der Waals surface area contributed by atoms with Gasteiger partial charge in [-0.25, -0.2) is 0 Å². The number of rotatable bonds is 4. The summed E-state index contributed by atoms with van der Waals surface area (Å²) in [5, 5.41) is 6.58. The number of nitrogens with one attached hydrogen (secondary N) is 2. The third-order valence-corrected chi connectivity index (χ3v) is 4.60. The zero-order chi connectivity index (χ0) is 13.8. The van der Waals surface area contributed by atoms with Gasteiger partial charge in [0.2, 0.25) is 5.91 Å². The fourth-order valence-electron chi connectivity index (χ4n) is 3.53. The van der Waals surface area contributed by atoms with Gasteiger partial charge in [0.15, 0.2) is 0 Å². The van der Waals surface area contributed by atoms with Crippen LogP contribution >= 0.6 is 0 Å². The van der Waals surface area contributed by atoms with Crippen molar-refractivity contribution >= 4 is 5.91 Å². The summed E-state index contributed by atoms with van der Waals surface area (Å²) in [7, 11) is 0. The number of carbonyl (C=O) groups excluding carboxylic acids is 1. The van der Waals surface area contributed by atoms with E-state index in [1.165, 1.54) is 36.8 Å². The molecule has 3 heteroatoms. The smallest absolute Gasteiger partial charge is 0.234 e. The molecule has 0 aromatic heterocycles. The van der Waals surface area contributed by atoms with E-state index < -0.39 is 0 Å². The van der Waals surface area contributed by atoms with Crippen LogP contribution in [-0.4, -0.2) is 18.5 Å². The van der Waals surface area contributed by atoms with Crippen molar-refractivity contribution in [3.63, 3.8) is 0 Å². The monoisotopic (exact) mass is 272 g/mol. The van der Waals surface area contributed by atoms with Crippen LogP contribution < -0.4 is 10.6 Å². The molecular weight excluding hydrogens is 248 g/mol. The zero-order valence-electron chi connectivity index (χ0n) is 12.0. The Morgan fingerprint density at radius 3 is 2.75 bits per heavy atom. The molecule has 0 bridgehead atoms. The number of carbonyl (C=O) groups is 1. The van der Waals surface area contributed by atoms with Gasteiger partial charge >= 0.3 is 0 Å². The molecule has 0 radical (unpaired) electrons. The van der Waals surface area contributed by atoms with Crippen LogP contribution in [-0.2, 0) is 11.2 Å². The average Bonchev–Trinajstić information content (AvgIpc) is 2.98. The summed E-state index contributed by atoms with van der Waals surface area (Å²) in [6, 6.07) is 9.37. The summed E-state index contributed by atoms with van der Waals surface area (Å²) in [6.45, 7) is 0.440. The van der Waals surface area contributed by atoms with E-state index in [-0.39, 0.29) is 5.91 Å². The molecule has 2 N–H and O–H groups in total. The highest BCUT2D eigenvalue weighted by molar-refractivity contribution is 5.78. The van der Waals surface area contributed by atoms with Crippen molar-refractivity contribution in [3.05, 3.63) is 35.4 Å². The Labute approximate surface area is 121 Å². The molecule has 2 aliphatic carbocycles. The van der Waals surface area contributed by atoms with E-state index in [1.54, 1.807) is 0 Å². The number of hydrogen-bond acceptors (Lipinski definition) is 2. The maximum absolute atomic E-state index is 12.0. The number of aryl methyl sites for hydroxylation is 1. The lowest BCUT2D eigenvalue weighted by Gasteiger charge is -2.26. The van der Waals surface area contributed by atoms with Gasteiger partial charge in [-0.3, -0.25) is 4.79 Å². The summed E-state index contributed by atoms with van der Waals surface area (Å²) in [5.41, 5.74) is 2.82. The molecule has 0 saturated heterocycles. The van der Waals surface area contributed by atoms with E-state index in [0.29, 0.717) is 18.6 Å². The van der Waals surface area contributed by atoms with E-state index in [4.69, 9.17) is 0 Å². The van der Waals surface area contributed by atoms with E-state index in [0.717, 1.165) is 19.3 Å². The third-order valence-electron chi connectivity index (χ3n) is 4.60. The minimum absolute atomic E-state index is 0.153. The lowest BCUT2D eigenvalue weighted by atomic mass is 9.88. The molecule has 108 valence electrons. The standard InChI is InChI=1S/C17H24N2O/c20-17(19-14-8-2-3-9-14)12-18-16-11-5-7-13-6-1-4-10-15(13)16/h1,4,6,10,14,16,18H,2-3,5,7-9,11-12H2,(H,19,20). The molecule has 1 fully saturated rings. The molecular formula is C17H24N2O. The minimum atomic E-state index is 0.153.